The van der Waals surface area contributed by atoms with E-state index in [0.717, 1.165) is 37.1 Å². The molecule has 1 aromatic rings. The molecule has 148 valence electrons. The molecule has 0 radical (unpaired) electrons. The van der Waals surface area contributed by atoms with Crippen molar-refractivity contribution in [2.75, 3.05) is 38.0 Å². The predicted octanol–water partition coefficient (Wildman–Crippen LogP) is 2.34. The van der Waals surface area contributed by atoms with Crippen molar-refractivity contribution in [3.05, 3.63) is 29.8 Å². The molecule has 1 atom stereocenters. The van der Waals surface area contributed by atoms with Gasteiger partial charge in [0.15, 0.2) is 0 Å². The van der Waals surface area contributed by atoms with Crippen molar-refractivity contribution < 1.29 is 14.7 Å². The largest absolute Gasteiger partial charge is 0.391 e. The van der Waals surface area contributed by atoms with E-state index >= 15 is 0 Å². The van der Waals surface area contributed by atoms with Crippen LogP contribution in [0, 0.1) is 5.41 Å². The fourth-order valence-corrected chi connectivity index (χ4v) is 4.39. The molecule has 1 spiro atoms. The standard InChI is InChI=1S/C21H31N3O3/c1-3-10-22-19-7-5-4-6-18(19)20(27)23-11-8-21(9-12-23)13-17(26)14-24(15-21)16(2)25/h4-7,17,22,26H,3,8-15H2,1-2H3. The Kier molecular flexibility index (Phi) is 6.05. The summed E-state index contributed by atoms with van der Waals surface area (Å²) in [5, 5.41) is 13.6. The predicted molar refractivity (Wildman–Crippen MR) is 106 cm³/mol. The van der Waals surface area contributed by atoms with Crippen LogP contribution in [0.4, 0.5) is 5.69 Å². The van der Waals surface area contributed by atoms with Gasteiger partial charge in [-0.15, -0.1) is 0 Å². The minimum Gasteiger partial charge on any atom is -0.391 e. The number of nitrogens with one attached hydrogen (secondary N) is 1. The third-order valence-corrected chi connectivity index (χ3v) is 5.91. The van der Waals surface area contributed by atoms with Crippen molar-refractivity contribution in [2.45, 2.75) is 45.6 Å². The second-order valence-corrected chi connectivity index (χ2v) is 8.02. The summed E-state index contributed by atoms with van der Waals surface area (Å²) in [6.07, 6.45) is 2.90. The van der Waals surface area contributed by atoms with Gasteiger partial charge < -0.3 is 20.2 Å². The third kappa shape index (κ3) is 4.43. The van der Waals surface area contributed by atoms with Crippen molar-refractivity contribution in [1.82, 2.24) is 9.80 Å². The number of carbonyl (C=O) groups is 2. The number of aliphatic hydroxyl groups is 1. The fraction of sp³-hybridized carbons (Fsp3) is 0.619. The van der Waals surface area contributed by atoms with Gasteiger partial charge in [0, 0.05) is 45.3 Å². The highest BCUT2D eigenvalue weighted by Crippen LogP contribution is 2.40. The fourth-order valence-electron chi connectivity index (χ4n) is 4.39. The zero-order valence-electron chi connectivity index (χ0n) is 16.4. The van der Waals surface area contributed by atoms with Crippen molar-refractivity contribution in [3.63, 3.8) is 0 Å². The Bertz CT molecular complexity index is 683. The van der Waals surface area contributed by atoms with Crippen LogP contribution >= 0.6 is 0 Å². The SMILES string of the molecule is CCCNc1ccccc1C(=O)N1CCC2(CC1)CC(O)CN(C(C)=O)C2. The summed E-state index contributed by atoms with van der Waals surface area (Å²) in [6, 6.07) is 7.68. The van der Waals surface area contributed by atoms with Gasteiger partial charge in [-0.25, -0.2) is 0 Å². The number of piperidine rings is 2. The topological polar surface area (TPSA) is 72.9 Å². The number of β-amino-alcohol motifs (C(OH)–C–C–N with tert-alkyl or cyclic N) is 1. The number of hydrogen-bond acceptors (Lipinski definition) is 4. The Morgan fingerprint density at radius 1 is 1.22 bits per heavy atom. The number of para-hydroxylation sites is 1. The molecule has 0 aromatic heterocycles. The molecule has 3 rings (SSSR count). The van der Waals surface area contributed by atoms with Crippen molar-refractivity contribution >= 4 is 17.5 Å². The van der Waals surface area contributed by atoms with E-state index in [1.165, 1.54) is 0 Å². The first-order chi connectivity index (χ1) is 12.9. The first-order valence-electron chi connectivity index (χ1n) is 10.00. The molecular weight excluding hydrogens is 342 g/mol. The molecule has 0 saturated carbocycles. The summed E-state index contributed by atoms with van der Waals surface area (Å²) in [5.74, 6) is 0.0754. The Labute approximate surface area is 161 Å². The number of nitrogens with zero attached hydrogens (tertiary/aromatic N) is 2. The van der Waals surface area contributed by atoms with Crippen LogP contribution in [0.1, 0.15) is 49.9 Å². The molecule has 2 amide bonds. The average Bonchev–Trinajstić information content (AvgIpc) is 2.66. The number of aliphatic hydroxyl groups excluding tert-OH is 1. The molecule has 0 bridgehead atoms. The van der Waals surface area contributed by atoms with Crippen LogP contribution in [0.5, 0.6) is 0 Å². The number of rotatable bonds is 4. The molecule has 1 aromatic carbocycles. The lowest BCUT2D eigenvalue weighted by Gasteiger charge is -2.49. The second-order valence-electron chi connectivity index (χ2n) is 8.02. The number of hydrogen-bond donors (Lipinski definition) is 2. The Balaban J connectivity index is 1.67. The zero-order valence-corrected chi connectivity index (χ0v) is 16.4. The van der Waals surface area contributed by atoms with E-state index in [9.17, 15) is 14.7 Å². The van der Waals surface area contributed by atoms with Gasteiger partial charge >= 0.3 is 0 Å². The Morgan fingerprint density at radius 2 is 1.93 bits per heavy atom. The second kappa shape index (κ2) is 8.30. The van der Waals surface area contributed by atoms with Crippen LogP contribution in [-0.4, -0.2) is 65.5 Å². The van der Waals surface area contributed by atoms with Crippen molar-refractivity contribution in [3.8, 4) is 0 Å². The zero-order chi connectivity index (χ0) is 19.4. The summed E-state index contributed by atoms with van der Waals surface area (Å²) in [6.45, 7) is 6.95. The van der Waals surface area contributed by atoms with Gasteiger partial charge in [0.05, 0.1) is 11.7 Å². The van der Waals surface area contributed by atoms with Gasteiger partial charge in [-0.3, -0.25) is 9.59 Å². The summed E-state index contributed by atoms with van der Waals surface area (Å²) >= 11 is 0. The molecule has 27 heavy (non-hydrogen) atoms. The highest BCUT2D eigenvalue weighted by molar-refractivity contribution is 5.99. The van der Waals surface area contributed by atoms with E-state index in [0.29, 0.717) is 32.6 Å². The van der Waals surface area contributed by atoms with Crippen LogP contribution in [0.25, 0.3) is 0 Å². The van der Waals surface area contributed by atoms with Gasteiger partial charge in [0.1, 0.15) is 0 Å². The molecule has 0 aliphatic carbocycles. The van der Waals surface area contributed by atoms with Crippen molar-refractivity contribution in [1.29, 1.82) is 0 Å². The van der Waals surface area contributed by atoms with Gasteiger partial charge in [0.2, 0.25) is 5.91 Å². The van der Waals surface area contributed by atoms with Gasteiger partial charge in [-0.05, 0) is 43.2 Å². The minimum absolute atomic E-state index is 0.0163. The monoisotopic (exact) mass is 373 g/mol. The molecular formula is C21H31N3O3. The summed E-state index contributed by atoms with van der Waals surface area (Å²) in [7, 11) is 0. The van der Waals surface area contributed by atoms with E-state index in [2.05, 4.69) is 12.2 Å². The van der Waals surface area contributed by atoms with E-state index < -0.39 is 6.10 Å². The molecule has 6 heteroatoms. The third-order valence-electron chi connectivity index (χ3n) is 5.91. The molecule has 2 fully saturated rings. The highest BCUT2D eigenvalue weighted by atomic mass is 16.3. The van der Waals surface area contributed by atoms with E-state index in [1.807, 2.05) is 29.2 Å². The first-order valence-corrected chi connectivity index (χ1v) is 10.00. The molecule has 1 unspecified atom stereocenters. The first kappa shape index (κ1) is 19.7. The lowest BCUT2D eigenvalue weighted by molar-refractivity contribution is -0.137. The summed E-state index contributed by atoms with van der Waals surface area (Å²) in [5.41, 5.74) is 1.54. The van der Waals surface area contributed by atoms with Crippen LogP contribution in [0.2, 0.25) is 0 Å². The van der Waals surface area contributed by atoms with Gasteiger partial charge in [-0.2, -0.15) is 0 Å². The summed E-state index contributed by atoms with van der Waals surface area (Å²) in [4.78, 5) is 28.5. The molecule has 2 N–H and O–H groups in total. The molecule has 2 aliphatic rings. The number of benzene rings is 1. The maximum Gasteiger partial charge on any atom is 0.255 e. The van der Waals surface area contributed by atoms with Crippen LogP contribution in [0.3, 0.4) is 0 Å². The smallest absolute Gasteiger partial charge is 0.255 e. The maximum absolute atomic E-state index is 13.1. The highest BCUT2D eigenvalue weighted by Gasteiger charge is 2.43. The van der Waals surface area contributed by atoms with E-state index in [1.54, 1.807) is 11.8 Å². The normalized spacial score (nSPS) is 22.0. The van der Waals surface area contributed by atoms with Crippen LogP contribution in [-0.2, 0) is 4.79 Å². The average molecular weight is 373 g/mol. The number of anilines is 1. The van der Waals surface area contributed by atoms with Crippen molar-refractivity contribution in [2.24, 2.45) is 5.41 Å². The van der Waals surface area contributed by atoms with E-state index in [4.69, 9.17) is 0 Å². The Hall–Kier alpha value is -2.08. The van der Waals surface area contributed by atoms with E-state index in [-0.39, 0.29) is 17.2 Å². The minimum atomic E-state index is -0.469. The molecule has 2 aliphatic heterocycles. The molecule has 2 saturated heterocycles. The number of carbonyl (C=O) groups excluding carboxylic acids is 2. The lowest BCUT2D eigenvalue weighted by atomic mass is 9.71. The molecule has 6 nitrogen and oxygen atoms in total. The lowest BCUT2D eigenvalue weighted by Crippen LogP contribution is -2.55. The number of amides is 2. The quantitative estimate of drug-likeness (QED) is 0.850. The summed E-state index contributed by atoms with van der Waals surface area (Å²) < 4.78 is 0. The van der Waals surface area contributed by atoms with Gasteiger partial charge in [-0.1, -0.05) is 19.1 Å². The van der Waals surface area contributed by atoms with Crippen LogP contribution < -0.4 is 5.32 Å². The van der Waals surface area contributed by atoms with Crippen LogP contribution in [0.15, 0.2) is 24.3 Å². The molecule has 2 heterocycles. The maximum atomic E-state index is 13.1. The van der Waals surface area contributed by atoms with Gasteiger partial charge in [0.25, 0.3) is 5.91 Å². The Morgan fingerprint density at radius 3 is 2.59 bits per heavy atom. The number of likely N-dealkylation sites (tertiary alicyclic amines) is 2.